The fourth-order valence-corrected chi connectivity index (χ4v) is 18.9. The van der Waals surface area contributed by atoms with Gasteiger partial charge < -0.3 is 23.4 Å². The van der Waals surface area contributed by atoms with Gasteiger partial charge in [-0.1, -0.05) is 253 Å². The van der Waals surface area contributed by atoms with Crippen LogP contribution in [0.2, 0.25) is 0 Å². The normalized spacial score (nSPS) is 13.4. The first-order valence-electron chi connectivity index (χ1n) is 37.9. The van der Waals surface area contributed by atoms with Crippen molar-refractivity contribution in [3.63, 3.8) is 0 Å². The van der Waals surface area contributed by atoms with E-state index in [9.17, 15) is 0 Å². The second kappa shape index (κ2) is 23.4. The number of furan rings is 1. The number of hydrogen-bond acceptors (Lipinski definition) is 4. The lowest BCUT2D eigenvalue weighted by Crippen LogP contribution is -2.61. The van der Waals surface area contributed by atoms with Crippen LogP contribution in [0.4, 0.5) is 34.1 Å². The van der Waals surface area contributed by atoms with E-state index in [1.807, 2.05) is 11.3 Å². The molecule has 4 aromatic heterocycles. The van der Waals surface area contributed by atoms with Crippen molar-refractivity contribution in [3.8, 4) is 44.8 Å². The minimum absolute atomic E-state index is 0.0584. The Hall–Kier alpha value is -11.6. The zero-order chi connectivity index (χ0) is 72.9. The predicted octanol–water partition coefficient (Wildman–Crippen LogP) is 26.4. The second-order valence-corrected chi connectivity index (χ2v) is 35.2. The highest BCUT2D eigenvalue weighted by atomic mass is 32.1. The Bertz CT molecular complexity index is 6630. The van der Waals surface area contributed by atoms with E-state index in [0.717, 1.165) is 101 Å². The summed E-state index contributed by atoms with van der Waals surface area (Å²) in [5.74, 6) is 0. The number of anilines is 6. The van der Waals surface area contributed by atoms with Crippen LogP contribution in [0.25, 0.3) is 130 Å². The summed E-state index contributed by atoms with van der Waals surface area (Å²) in [6.07, 6.45) is 0. The number of hydrogen-bond donors (Lipinski definition) is 0. The van der Waals surface area contributed by atoms with Crippen molar-refractivity contribution in [1.29, 1.82) is 0 Å². The SMILES string of the molecule is CC(C)(C)c1ccc(N2c3cc(-n4c5ccccc5c5ccccc54)ccc3B3c4ccc(-n5c6ccc(C(C)(C)C)cc6c6cc(C(C)(C)C)ccc65)cc4N(c4ccc(C(C)(C)C)cc4-c4ccccc4)c4cc(-c5cccc6c5oc5ccc7sc8ccccc8c7c56)cc2c43)c(-c2ccccc2)c1. The van der Waals surface area contributed by atoms with Gasteiger partial charge in [0.15, 0.2) is 0 Å². The third kappa shape index (κ3) is 10.1. The van der Waals surface area contributed by atoms with Gasteiger partial charge in [0.2, 0.25) is 0 Å². The van der Waals surface area contributed by atoms with Crippen molar-refractivity contribution < 1.29 is 4.42 Å². The summed E-state index contributed by atoms with van der Waals surface area (Å²) in [6.45, 7) is 27.8. The molecule has 6 heterocycles. The lowest BCUT2D eigenvalue weighted by molar-refractivity contribution is 0.590. The average molecular weight is 1400 g/mol. The fraction of sp³-hybridized carbons (Fsp3) is 0.160. The molecule has 14 aromatic carbocycles. The van der Waals surface area contributed by atoms with E-state index in [4.69, 9.17) is 4.42 Å². The van der Waals surface area contributed by atoms with E-state index in [1.165, 1.54) is 102 Å². The van der Waals surface area contributed by atoms with Crippen LogP contribution in [0.3, 0.4) is 0 Å². The van der Waals surface area contributed by atoms with Gasteiger partial charge in [-0.15, -0.1) is 11.3 Å². The highest BCUT2D eigenvalue weighted by molar-refractivity contribution is 7.26. The van der Waals surface area contributed by atoms with Crippen molar-refractivity contribution in [2.75, 3.05) is 9.80 Å². The van der Waals surface area contributed by atoms with E-state index < -0.39 is 0 Å². The maximum absolute atomic E-state index is 7.47. The Labute approximate surface area is 630 Å². The molecule has 0 atom stereocenters. The zero-order valence-electron chi connectivity index (χ0n) is 62.8. The van der Waals surface area contributed by atoms with Crippen LogP contribution in [-0.2, 0) is 21.7 Å². The predicted molar refractivity (Wildman–Crippen MR) is 460 cm³/mol. The summed E-state index contributed by atoms with van der Waals surface area (Å²) in [5.41, 5.74) is 30.4. The smallest absolute Gasteiger partial charge is 0.252 e. The van der Waals surface area contributed by atoms with Crippen molar-refractivity contribution in [1.82, 2.24) is 9.13 Å². The average Bonchev–Trinajstić information content (AvgIpc) is 1.13. The summed E-state index contributed by atoms with van der Waals surface area (Å²) < 4.78 is 15.0. The summed E-state index contributed by atoms with van der Waals surface area (Å²) in [7, 11) is 0. The van der Waals surface area contributed by atoms with Gasteiger partial charge in [0.05, 0.1) is 33.4 Å². The molecule has 0 saturated carbocycles. The van der Waals surface area contributed by atoms with Crippen molar-refractivity contribution >= 4 is 154 Å². The topological polar surface area (TPSA) is 29.5 Å². The van der Waals surface area contributed by atoms with Gasteiger partial charge in [0.25, 0.3) is 6.71 Å². The number of rotatable bonds is 7. The molecule has 107 heavy (non-hydrogen) atoms. The highest BCUT2D eigenvalue weighted by Gasteiger charge is 2.46. The molecule has 0 radical (unpaired) electrons. The number of thiophene rings is 1. The molecule has 518 valence electrons. The fourth-order valence-electron chi connectivity index (χ4n) is 17.8. The molecule has 0 aliphatic carbocycles. The molecule has 0 saturated heterocycles. The Morgan fingerprint density at radius 1 is 0.290 bits per heavy atom. The molecule has 0 fully saturated rings. The van der Waals surface area contributed by atoms with Crippen LogP contribution in [0.5, 0.6) is 0 Å². The molecule has 0 spiro atoms. The molecule has 0 amide bonds. The molecular weight excluding hydrogens is 1320 g/mol. The summed E-state index contributed by atoms with van der Waals surface area (Å²) in [4.78, 5) is 5.33. The molecule has 2 aliphatic heterocycles. The molecule has 5 nitrogen and oxygen atoms in total. The highest BCUT2D eigenvalue weighted by Crippen LogP contribution is 2.54. The molecule has 7 heteroatoms. The van der Waals surface area contributed by atoms with E-state index in [0.29, 0.717) is 0 Å². The van der Waals surface area contributed by atoms with Crippen LogP contribution in [0.15, 0.2) is 290 Å². The molecular formula is C100H83BN4OS. The van der Waals surface area contributed by atoms with Crippen molar-refractivity contribution in [3.05, 3.63) is 307 Å². The van der Waals surface area contributed by atoms with Crippen LogP contribution in [0, 0.1) is 0 Å². The number of aromatic nitrogens is 2. The van der Waals surface area contributed by atoms with Gasteiger partial charge >= 0.3 is 0 Å². The van der Waals surface area contributed by atoms with Gasteiger partial charge in [0.1, 0.15) is 11.2 Å². The van der Waals surface area contributed by atoms with E-state index in [-0.39, 0.29) is 28.4 Å². The molecule has 0 N–H and O–H groups in total. The summed E-state index contributed by atoms with van der Waals surface area (Å²) in [5, 5.41) is 9.72. The number of benzene rings is 14. The van der Waals surface area contributed by atoms with Gasteiger partial charge in [-0.05, 0) is 192 Å². The molecule has 20 rings (SSSR count). The second-order valence-electron chi connectivity index (χ2n) is 34.1. The quantitative estimate of drug-likeness (QED) is 0.149. The van der Waals surface area contributed by atoms with E-state index >= 15 is 0 Å². The van der Waals surface area contributed by atoms with Gasteiger partial charge in [-0.2, -0.15) is 0 Å². The van der Waals surface area contributed by atoms with E-state index in [2.05, 4.69) is 387 Å². The first-order valence-corrected chi connectivity index (χ1v) is 38.7. The molecule has 0 bridgehead atoms. The Kier molecular flexibility index (Phi) is 14.2. The standard InChI is InChI=1S/C100H83BN4OS/c1-97(2,3)63-38-46-82(74(54-63)60-26-15-13-16-27-60)104-86-58-67(102-80-35-22-19-30-70(80)71-31-20-23-36-81(71)102)42-44-78(86)101-79-45-43-68(103-84-48-40-65(99(7,8)9)56-76(84)77-57-66(100(10,11)12)41-49-85(77)103)59-87(79)105(83-47-39-64(98(4,5)6)55-75(83)61-28-17-14-18-29-61)89-53-62(52-88(104)95(89)101)69-33-25-34-73-93-90(106-96(69)73)50-51-92-94(93)72-32-21-24-37-91(72)107-92/h13-59H,1-12H3. The third-order valence-corrected chi connectivity index (χ3v) is 24.5. The summed E-state index contributed by atoms with van der Waals surface area (Å²) in [6, 6.07) is 109. The monoisotopic (exact) mass is 1400 g/mol. The van der Waals surface area contributed by atoms with Crippen LogP contribution >= 0.6 is 11.3 Å². The van der Waals surface area contributed by atoms with Crippen molar-refractivity contribution in [2.45, 2.75) is 105 Å². The Balaban J connectivity index is 0.952. The van der Waals surface area contributed by atoms with Gasteiger partial charge in [0, 0.05) is 103 Å². The third-order valence-electron chi connectivity index (χ3n) is 23.3. The van der Waals surface area contributed by atoms with Crippen LogP contribution in [-0.4, -0.2) is 15.8 Å². The summed E-state index contributed by atoms with van der Waals surface area (Å²) >= 11 is 1.85. The number of fused-ring (bicyclic) bond motifs is 17. The maximum Gasteiger partial charge on any atom is 0.252 e. The first-order chi connectivity index (χ1) is 51.6. The van der Waals surface area contributed by atoms with E-state index in [1.54, 1.807) is 0 Å². The minimum atomic E-state index is -0.250. The van der Waals surface area contributed by atoms with Gasteiger partial charge in [-0.3, -0.25) is 0 Å². The Morgan fingerprint density at radius 2 is 0.729 bits per heavy atom. The van der Waals surface area contributed by atoms with Crippen LogP contribution < -0.4 is 26.2 Å². The van der Waals surface area contributed by atoms with Crippen LogP contribution in [0.1, 0.15) is 105 Å². The number of nitrogens with zero attached hydrogens (tertiary/aromatic N) is 4. The largest absolute Gasteiger partial charge is 0.455 e. The molecule has 2 aliphatic rings. The maximum atomic E-state index is 7.47. The minimum Gasteiger partial charge on any atom is -0.455 e. The molecule has 0 unspecified atom stereocenters. The zero-order valence-corrected chi connectivity index (χ0v) is 63.6. The molecule has 18 aromatic rings. The lowest BCUT2D eigenvalue weighted by Gasteiger charge is -2.45. The number of para-hydroxylation sites is 3. The Morgan fingerprint density at radius 3 is 1.23 bits per heavy atom. The van der Waals surface area contributed by atoms with Crippen molar-refractivity contribution in [2.24, 2.45) is 0 Å². The lowest BCUT2D eigenvalue weighted by atomic mass is 9.33. The first kappa shape index (κ1) is 64.9. The van der Waals surface area contributed by atoms with Gasteiger partial charge in [-0.25, -0.2) is 0 Å².